The van der Waals surface area contributed by atoms with E-state index in [1.807, 2.05) is 11.0 Å². The Hall–Kier alpha value is -2.05. The van der Waals surface area contributed by atoms with Gasteiger partial charge in [-0.3, -0.25) is 0 Å². The maximum Gasteiger partial charge on any atom is 0.142 e. The van der Waals surface area contributed by atoms with Gasteiger partial charge in [0.05, 0.1) is 24.9 Å². The lowest BCUT2D eigenvalue weighted by atomic mass is 10.0. The third kappa shape index (κ3) is 1.60. The molecule has 0 aliphatic carbocycles. The van der Waals surface area contributed by atoms with Gasteiger partial charge in [-0.25, -0.2) is 4.99 Å². The molecular formula is C10H11N5O. The van der Waals surface area contributed by atoms with Gasteiger partial charge in [0, 0.05) is 13.1 Å². The highest BCUT2D eigenvalue weighted by atomic mass is 16.5. The average molecular weight is 217 g/mol. The summed E-state index contributed by atoms with van der Waals surface area (Å²) >= 11 is 0. The van der Waals surface area contributed by atoms with Crippen LogP contribution in [0.4, 0.5) is 0 Å². The predicted octanol–water partition coefficient (Wildman–Crippen LogP) is -0.436. The Morgan fingerprint density at radius 2 is 2.06 bits per heavy atom. The van der Waals surface area contributed by atoms with E-state index in [9.17, 15) is 0 Å². The van der Waals surface area contributed by atoms with E-state index in [1.165, 1.54) is 0 Å². The molecule has 1 fully saturated rings. The third-order valence-corrected chi connectivity index (χ3v) is 2.64. The molecule has 6 heteroatoms. The van der Waals surface area contributed by atoms with Gasteiger partial charge in [0.15, 0.2) is 0 Å². The first-order valence-electron chi connectivity index (χ1n) is 4.98. The fraction of sp³-hybridized carbons (Fsp3) is 0.500. The van der Waals surface area contributed by atoms with Crippen LogP contribution in [-0.4, -0.2) is 37.0 Å². The summed E-state index contributed by atoms with van der Waals surface area (Å²) in [4.78, 5) is 6.07. The molecule has 6 nitrogen and oxygen atoms in total. The second kappa shape index (κ2) is 4.21. The average Bonchev–Trinajstić information content (AvgIpc) is 2.66. The van der Waals surface area contributed by atoms with E-state index in [-0.39, 0.29) is 11.4 Å². The first-order chi connectivity index (χ1) is 7.77. The summed E-state index contributed by atoms with van der Waals surface area (Å²) in [6, 6.07) is 4.01. The molecule has 0 aromatic heterocycles. The number of nitriles is 2. The molecule has 16 heavy (non-hydrogen) atoms. The first kappa shape index (κ1) is 10.5. The highest BCUT2D eigenvalue weighted by Gasteiger charge is 2.33. The number of ether oxygens (including phenoxy) is 1. The Bertz CT molecular complexity index is 433. The first-order valence-corrected chi connectivity index (χ1v) is 4.98. The molecule has 82 valence electrons. The van der Waals surface area contributed by atoms with Gasteiger partial charge in [-0.15, -0.1) is 0 Å². The number of hydrogen-bond acceptors (Lipinski definition) is 6. The van der Waals surface area contributed by atoms with Gasteiger partial charge < -0.3 is 15.4 Å². The molecule has 0 saturated carbocycles. The number of amidine groups is 1. The minimum Gasteiger partial charge on any atom is -0.383 e. The fourth-order valence-corrected chi connectivity index (χ4v) is 1.82. The standard InChI is InChI=1S/C10H11N5O/c11-5-7-8(6-12)10(14-9(7)13)15-1-3-16-4-2-15/h8H,1-4,13H2. The summed E-state index contributed by atoms with van der Waals surface area (Å²) in [6.07, 6.45) is 0. The van der Waals surface area contributed by atoms with Crippen LogP contribution in [0.1, 0.15) is 0 Å². The molecule has 1 saturated heterocycles. The summed E-state index contributed by atoms with van der Waals surface area (Å²) in [7, 11) is 0. The zero-order valence-corrected chi connectivity index (χ0v) is 8.68. The van der Waals surface area contributed by atoms with Crippen molar-refractivity contribution in [3.05, 3.63) is 11.4 Å². The highest BCUT2D eigenvalue weighted by molar-refractivity contribution is 5.94. The van der Waals surface area contributed by atoms with Crippen LogP contribution in [0, 0.1) is 28.6 Å². The Kier molecular flexibility index (Phi) is 2.76. The lowest BCUT2D eigenvalue weighted by molar-refractivity contribution is 0.0670. The van der Waals surface area contributed by atoms with Crippen LogP contribution in [0.15, 0.2) is 16.4 Å². The quantitative estimate of drug-likeness (QED) is 0.593. The van der Waals surface area contributed by atoms with E-state index >= 15 is 0 Å². The zero-order valence-electron chi connectivity index (χ0n) is 8.68. The minimum absolute atomic E-state index is 0.163. The Morgan fingerprint density at radius 3 is 2.62 bits per heavy atom. The van der Waals surface area contributed by atoms with Crippen molar-refractivity contribution in [1.29, 1.82) is 10.5 Å². The summed E-state index contributed by atoms with van der Waals surface area (Å²) in [5.74, 6) is 0.124. The van der Waals surface area contributed by atoms with Crippen molar-refractivity contribution >= 4 is 5.84 Å². The van der Waals surface area contributed by atoms with Gasteiger partial charge in [0.1, 0.15) is 23.6 Å². The maximum absolute atomic E-state index is 9.06. The molecule has 0 aromatic rings. The molecule has 1 atom stereocenters. The van der Waals surface area contributed by atoms with Crippen LogP contribution in [-0.2, 0) is 4.74 Å². The second-order valence-electron chi connectivity index (χ2n) is 3.54. The van der Waals surface area contributed by atoms with Crippen LogP contribution >= 0.6 is 0 Å². The summed E-state index contributed by atoms with van der Waals surface area (Å²) in [5.41, 5.74) is 5.87. The smallest absolute Gasteiger partial charge is 0.142 e. The molecule has 0 radical (unpaired) electrons. The van der Waals surface area contributed by atoms with Gasteiger partial charge in [-0.2, -0.15) is 10.5 Å². The van der Waals surface area contributed by atoms with Crippen LogP contribution in [0.3, 0.4) is 0 Å². The van der Waals surface area contributed by atoms with Crippen LogP contribution in [0.2, 0.25) is 0 Å². The van der Waals surface area contributed by atoms with Gasteiger partial charge in [-0.05, 0) is 0 Å². The number of nitrogens with two attached hydrogens (primary N) is 1. The number of hydrogen-bond donors (Lipinski definition) is 1. The molecule has 2 aliphatic heterocycles. The summed E-state index contributed by atoms with van der Waals surface area (Å²) in [6.45, 7) is 2.59. The van der Waals surface area contributed by atoms with E-state index in [0.717, 1.165) is 0 Å². The molecule has 2 N–H and O–H groups in total. The highest BCUT2D eigenvalue weighted by Crippen LogP contribution is 2.24. The second-order valence-corrected chi connectivity index (χ2v) is 3.54. The molecule has 0 amide bonds. The van der Waals surface area contributed by atoms with Crippen molar-refractivity contribution in [2.24, 2.45) is 16.6 Å². The largest absolute Gasteiger partial charge is 0.383 e. The van der Waals surface area contributed by atoms with E-state index in [0.29, 0.717) is 32.1 Å². The van der Waals surface area contributed by atoms with Crippen molar-refractivity contribution in [2.45, 2.75) is 0 Å². The van der Waals surface area contributed by atoms with E-state index < -0.39 is 5.92 Å². The van der Waals surface area contributed by atoms with Crippen molar-refractivity contribution in [1.82, 2.24) is 4.90 Å². The molecule has 0 spiro atoms. The van der Waals surface area contributed by atoms with Crippen molar-refractivity contribution in [3.8, 4) is 12.1 Å². The fourth-order valence-electron chi connectivity index (χ4n) is 1.82. The monoisotopic (exact) mass is 217 g/mol. The maximum atomic E-state index is 9.06. The topological polar surface area (TPSA) is 98.4 Å². The molecule has 0 bridgehead atoms. The Morgan fingerprint density at radius 1 is 1.38 bits per heavy atom. The van der Waals surface area contributed by atoms with Crippen LogP contribution < -0.4 is 5.73 Å². The predicted molar refractivity (Wildman–Crippen MR) is 55.8 cm³/mol. The molecule has 0 aromatic carbocycles. The number of aliphatic imine (C=N–C) groups is 1. The van der Waals surface area contributed by atoms with Crippen LogP contribution in [0.25, 0.3) is 0 Å². The Balaban J connectivity index is 2.22. The zero-order chi connectivity index (χ0) is 11.5. The van der Waals surface area contributed by atoms with Crippen LogP contribution in [0.5, 0.6) is 0 Å². The molecule has 2 aliphatic rings. The minimum atomic E-state index is -0.622. The lowest BCUT2D eigenvalue weighted by Gasteiger charge is -2.29. The van der Waals surface area contributed by atoms with Gasteiger partial charge >= 0.3 is 0 Å². The number of nitrogens with zero attached hydrogens (tertiary/aromatic N) is 4. The van der Waals surface area contributed by atoms with Crippen molar-refractivity contribution < 1.29 is 4.74 Å². The lowest BCUT2D eigenvalue weighted by Crippen LogP contribution is -2.43. The van der Waals surface area contributed by atoms with Crippen molar-refractivity contribution in [3.63, 3.8) is 0 Å². The number of morpholine rings is 1. The summed E-state index contributed by atoms with van der Waals surface area (Å²) < 4.78 is 5.22. The van der Waals surface area contributed by atoms with E-state index in [2.05, 4.69) is 11.1 Å². The van der Waals surface area contributed by atoms with Gasteiger partial charge in [-0.1, -0.05) is 0 Å². The van der Waals surface area contributed by atoms with Crippen molar-refractivity contribution in [2.75, 3.05) is 26.3 Å². The molecule has 1 unspecified atom stereocenters. The SMILES string of the molecule is N#CC1=C(N)N=C(N2CCOCC2)C1C#N. The van der Waals surface area contributed by atoms with Gasteiger partial charge in [0.2, 0.25) is 0 Å². The third-order valence-electron chi connectivity index (χ3n) is 2.64. The van der Waals surface area contributed by atoms with E-state index in [1.54, 1.807) is 0 Å². The Labute approximate surface area is 93.2 Å². The number of rotatable bonds is 0. The van der Waals surface area contributed by atoms with Gasteiger partial charge in [0.25, 0.3) is 0 Å². The molecule has 2 rings (SSSR count). The molecular weight excluding hydrogens is 206 g/mol. The normalized spacial score (nSPS) is 25.0. The summed E-state index contributed by atoms with van der Waals surface area (Å²) in [5, 5.41) is 18.0. The van der Waals surface area contributed by atoms with E-state index in [4.69, 9.17) is 21.0 Å². The molecule has 2 heterocycles.